The first-order chi connectivity index (χ1) is 19.5. The number of aromatic hydroxyl groups is 2. The number of amides is 2. The molecule has 0 bridgehead atoms. The van der Waals surface area contributed by atoms with E-state index in [4.69, 9.17) is 9.47 Å². The minimum absolute atomic E-state index is 0.0238. The predicted octanol–water partition coefficient (Wildman–Crippen LogP) is 4.96. The molecule has 2 aliphatic rings. The zero-order valence-corrected chi connectivity index (χ0v) is 25.5. The Kier molecular flexibility index (Phi) is 10.7. The molecule has 2 heterocycles. The van der Waals surface area contributed by atoms with Crippen molar-refractivity contribution < 1.29 is 39.5 Å². The number of ether oxygens (including phenoxy) is 2. The Bertz CT molecular complexity index is 1080. The average molecular weight is 587 g/mol. The summed E-state index contributed by atoms with van der Waals surface area (Å²) in [6.07, 6.45) is -0.681. The second-order valence-corrected chi connectivity index (χ2v) is 13.0. The van der Waals surface area contributed by atoms with E-state index in [0.717, 1.165) is 11.1 Å². The standard InChI is InChI=1S/2C16H23NO4/c2*1-16(2,3)21-15(20)17-9-8-13(14(19)10-17)11-4-6-12(18)7-5-11/h2*4-7,13-14,18-19H,8-10H2,1-3H3/t2*13-,14+/m10/s1. The van der Waals surface area contributed by atoms with Crippen molar-refractivity contribution in [2.24, 2.45) is 0 Å². The van der Waals surface area contributed by atoms with Gasteiger partial charge in [0.1, 0.15) is 22.7 Å². The molecule has 42 heavy (non-hydrogen) atoms. The summed E-state index contributed by atoms with van der Waals surface area (Å²) in [5, 5.41) is 39.2. The van der Waals surface area contributed by atoms with Crippen molar-refractivity contribution in [1.29, 1.82) is 0 Å². The average Bonchev–Trinajstić information content (AvgIpc) is 2.88. The molecule has 4 rings (SSSR count). The highest BCUT2D eigenvalue weighted by Gasteiger charge is 2.34. The molecular weight excluding hydrogens is 540 g/mol. The molecule has 232 valence electrons. The highest BCUT2D eigenvalue weighted by Crippen LogP contribution is 2.31. The van der Waals surface area contributed by atoms with Gasteiger partial charge in [-0.2, -0.15) is 0 Å². The van der Waals surface area contributed by atoms with E-state index in [0.29, 0.717) is 25.9 Å². The SMILES string of the molecule is CC(C)(C)OC(=O)N1CC[C@@H](c2ccc(O)cc2)[C@H](O)C1.CC(C)(C)OC(=O)N1CC[C@H](c2ccc(O)cc2)[C@@H](O)C1. The lowest BCUT2D eigenvalue weighted by Crippen LogP contribution is -2.47. The zero-order chi connectivity index (χ0) is 31.2. The van der Waals surface area contributed by atoms with Crippen LogP contribution in [0.25, 0.3) is 0 Å². The second kappa shape index (κ2) is 13.6. The van der Waals surface area contributed by atoms with Crippen LogP contribution in [0.5, 0.6) is 11.5 Å². The Morgan fingerprint density at radius 2 is 0.952 bits per heavy atom. The number of phenols is 2. The number of β-amino-alcohol motifs (C(OH)–C–C–N with tert-alkyl or cyclic N) is 2. The number of nitrogens with zero attached hydrogens (tertiary/aromatic N) is 2. The first-order valence-corrected chi connectivity index (χ1v) is 14.4. The lowest BCUT2D eigenvalue weighted by Gasteiger charge is -2.36. The number of hydrogen-bond acceptors (Lipinski definition) is 8. The van der Waals surface area contributed by atoms with Gasteiger partial charge >= 0.3 is 12.2 Å². The molecule has 4 N–H and O–H groups in total. The summed E-state index contributed by atoms with van der Waals surface area (Å²) in [6, 6.07) is 13.7. The van der Waals surface area contributed by atoms with E-state index in [2.05, 4.69) is 0 Å². The predicted molar refractivity (Wildman–Crippen MR) is 159 cm³/mol. The molecule has 2 aromatic carbocycles. The molecule has 0 unspecified atom stereocenters. The van der Waals surface area contributed by atoms with Crippen LogP contribution in [-0.2, 0) is 9.47 Å². The number of hydrogen-bond donors (Lipinski definition) is 4. The molecule has 2 aromatic rings. The summed E-state index contributed by atoms with van der Waals surface area (Å²) in [7, 11) is 0. The lowest BCUT2D eigenvalue weighted by atomic mass is 9.87. The maximum absolute atomic E-state index is 12.0. The zero-order valence-electron chi connectivity index (χ0n) is 25.5. The fourth-order valence-electron chi connectivity index (χ4n) is 5.07. The maximum atomic E-state index is 12.0. The van der Waals surface area contributed by atoms with Crippen molar-refractivity contribution >= 4 is 12.2 Å². The Morgan fingerprint density at radius 3 is 1.21 bits per heavy atom. The normalized spacial score (nSPS) is 23.0. The van der Waals surface area contributed by atoms with E-state index in [1.807, 2.05) is 65.8 Å². The number of piperidine rings is 2. The topological polar surface area (TPSA) is 140 Å². The molecule has 2 amide bonds. The third-order valence-corrected chi connectivity index (χ3v) is 7.11. The fourth-order valence-corrected chi connectivity index (χ4v) is 5.07. The number of likely N-dealkylation sites (tertiary alicyclic amines) is 2. The van der Waals surface area contributed by atoms with Crippen LogP contribution in [0.15, 0.2) is 48.5 Å². The molecule has 4 atom stereocenters. The van der Waals surface area contributed by atoms with E-state index >= 15 is 0 Å². The van der Waals surface area contributed by atoms with Gasteiger partial charge in [-0.25, -0.2) is 9.59 Å². The fraction of sp³-hybridized carbons (Fsp3) is 0.562. The van der Waals surface area contributed by atoms with Gasteiger partial charge in [0.2, 0.25) is 0 Å². The molecule has 10 heteroatoms. The second-order valence-electron chi connectivity index (χ2n) is 13.0. The molecule has 0 aromatic heterocycles. The third kappa shape index (κ3) is 9.80. The largest absolute Gasteiger partial charge is 0.508 e. The number of aliphatic hydroxyl groups is 2. The molecule has 10 nitrogen and oxygen atoms in total. The van der Waals surface area contributed by atoms with E-state index < -0.39 is 23.4 Å². The molecule has 2 aliphatic heterocycles. The van der Waals surface area contributed by atoms with Gasteiger partial charge in [-0.1, -0.05) is 24.3 Å². The molecular formula is C32H46N2O8. The van der Waals surface area contributed by atoms with Gasteiger partial charge < -0.3 is 39.7 Å². The van der Waals surface area contributed by atoms with Gasteiger partial charge in [0, 0.05) is 24.9 Å². The Balaban J connectivity index is 0.000000230. The molecule has 2 fully saturated rings. The molecule has 0 spiro atoms. The van der Waals surface area contributed by atoms with Crippen LogP contribution in [0.2, 0.25) is 0 Å². The minimum atomic E-state index is -0.629. The van der Waals surface area contributed by atoms with E-state index in [1.165, 1.54) is 0 Å². The molecule has 2 saturated heterocycles. The summed E-state index contributed by atoms with van der Waals surface area (Å²) in [5.41, 5.74) is 0.888. The monoisotopic (exact) mass is 586 g/mol. The number of benzene rings is 2. The summed E-state index contributed by atoms with van der Waals surface area (Å²) < 4.78 is 10.7. The number of carbonyl (C=O) groups is 2. The number of phenolic OH excluding ortho intramolecular Hbond substituents is 2. The smallest absolute Gasteiger partial charge is 0.410 e. The van der Waals surface area contributed by atoms with Gasteiger partial charge in [0.25, 0.3) is 0 Å². The minimum Gasteiger partial charge on any atom is -0.508 e. The van der Waals surface area contributed by atoms with Gasteiger partial charge in [-0.3, -0.25) is 0 Å². The first kappa shape index (κ1) is 33.0. The van der Waals surface area contributed by atoms with Crippen molar-refractivity contribution in [1.82, 2.24) is 9.80 Å². The Labute approximate surface area is 248 Å². The van der Waals surface area contributed by atoms with Crippen molar-refractivity contribution in [3.8, 4) is 11.5 Å². The van der Waals surface area contributed by atoms with Crippen LogP contribution in [-0.4, -0.2) is 92.0 Å². The maximum Gasteiger partial charge on any atom is 0.410 e. The lowest BCUT2D eigenvalue weighted by molar-refractivity contribution is -0.00194. The van der Waals surface area contributed by atoms with Gasteiger partial charge in [0.05, 0.1) is 25.3 Å². The van der Waals surface area contributed by atoms with Gasteiger partial charge in [0.15, 0.2) is 0 Å². The summed E-state index contributed by atoms with van der Waals surface area (Å²) >= 11 is 0. The summed E-state index contributed by atoms with van der Waals surface area (Å²) in [5.74, 6) is 0.368. The Morgan fingerprint density at radius 1 is 0.643 bits per heavy atom. The highest BCUT2D eigenvalue weighted by atomic mass is 16.6. The quantitative estimate of drug-likeness (QED) is 0.387. The van der Waals surface area contributed by atoms with Crippen LogP contribution in [0.3, 0.4) is 0 Å². The van der Waals surface area contributed by atoms with Crippen LogP contribution >= 0.6 is 0 Å². The van der Waals surface area contributed by atoms with E-state index in [9.17, 15) is 30.0 Å². The molecule has 0 radical (unpaired) electrons. The van der Waals surface area contributed by atoms with Crippen molar-refractivity contribution in [3.63, 3.8) is 0 Å². The van der Waals surface area contributed by atoms with Crippen molar-refractivity contribution in [3.05, 3.63) is 59.7 Å². The van der Waals surface area contributed by atoms with Crippen molar-refractivity contribution in [2.75, 3.05) is 26.2 Å². The van der Waals surface area contributed by atoms with Crippen LogP contribution in [0.4, 0.5) is 9.59 Å². The van der Waals surface area contributed by atoms with Crippen LogP contribution in [0, 0.1) is 0 Å². The molecule has 0 aliphatic carbocycles. The first-order valence-electron chi connectivity index (χ1n) is 14.4. The van der Waals surface area contributed by atoms with Crippen LogP contribution < -0.4 is 0 Å². The van der Waals surface area contributed by atoms with Gasteiger partial charge in [-0.15, -0.1) is 0 Å². The van der Waals surface area contributed by atoms with E-state index in [1.54, 1.807) is 34.1 Å². The third-order valence-electron chi connectivity index (χ3n) is 7.11. The number of rotatable bonds is 2. The molecule has 0 saturated carbocycles. The number of carbonyl (C=O) groups excluding carboxylic acids is 2. The summed E-state index contributed by atoms with van der Waals surface area (Å²) in [4.78, 5) is 27.1. The highest BCUT2D eigenvalue weighted by molar-refractivity contribution is 5.69. The van der Waals surface area contributed by atoms with Gasteiger partial charge in [-0.05, 0) is 89.8 Å². The van der Waals surface area contributed by atoms with Crippen molar-refractivity contribution in [2.45, 2.75) is 89.6 Å². The number of aliphatic hydroxyl groups excluding tert-OH is 2. The van der Waals surface area contributed by atoms with Crippen LogP contribution in [0.1, 0.15) is 77.3 Å². The Hall–Kier alpha value is -3.50. The van der Waals surface area contributed by atoms with E-state index in [-0.39, 0.29) is 48.6 Å². The summed E-state index contributed by atoms with van der Waals surface area (Å²) in [6.45, 7) is 12.6.